The van der Waals surface area contributed by atoms with Crippen LogP contribution in [0, 0.1) is 17.8 Å². The maximum Gasteiger partial charge on any atom is 0.142 e. The van der Waals surface area contributed by atoms with Gasteiger partial charge < -0.3 is 28.7 Å². The molecule has 6 unspecified atom stereocenters. The van der Waals surface area contributed by atoms with Crippen LogP contribution in [0.4, 0.5) is 5.69 Å². The Morgan fingerprint density at radius 1 is 0.837 bits per heavy atom. The van der Waals surface area contributed by atoms with E-state index in [9.17, 15) is 0 Å². The molecule has 0 aromatic heterocycles. The number of allylic oxidation sites excluding steroid dienone is 3. The molecule has 49 heavy (non-hydrogen) atoms. The molecule has 4 aliphatic carbocycles. The number of anilines is 1. The highest BCUT2D eigenvalue weighted by Crippen LogP contribution is 2.65. The van der Waals surface area contributed by atoms with Gasteiger partial charge in [0.15, 0.2) is 0 Å². The number of ether oxygens (including phenoxy) is 4. The lowest BCUT2D eigenvalue weighted by Crippen LogP contribution is -2.50. The SMILES string of the molecule is COc1cc2c(cc1N1CCOCC1)C1OC(C3=CCCCC3)(C3C=CC(N4CCOCC4)=CC3)C=CC1C1C2c2ccccc2C1(C)C. The van der Waals surface area contributed by atoms with E-state index in [1.807, 2.05) is 7.11 Å². The Hall–Kier alpha value is -3.32. The van der Waals surface area contributed by atoms with Crippen molar-refractivity contribution < 1.29 is 18.9 Å². The van der Waals surface area contributed by atoms with Gasteiger partial charge in [-0.25, -0.2) is 0 Å². The second-order valence-corrected chi connectivity index (χ2v) is 15.7. The highest BCUT2D eigenvalue weighted by atomic mass is 16.5. The van der Waals surface area contributed by atoms with Gasteiger partial charge in [0.1, 0.15) is 11.4 Å². The van der Waals surface area contributed by atoms with Crippen LogP contribution in [0.2, 0.25) is 0 Å². The molecule has 0 amide bonds. The summed E-state index contributed by atoms with van der Waals surface area (Å²) in [6.07, 6.45) is 20.6. The Kier molecular flexibility index (Phi) is 8.05. The highest BCUT2D eigenvalue weighted by molar-refractivity contribution is 5.66. The molecule has 2 fully saturated rings. The van der Waals surface area contributed by atoms with Gasteiger partial charge in [0.2, 0.25) is 0 Å². The van der Waals surface area contributed by atoms with Gasteiger partial charge in [0.05, 0.1) is 45.3 Å². The largest absolute Gasteiger partial charge is 0.495 e. The van der Waals surface area contributed by atoms with Crippen LogP contribution in [0.25, 0.3) is 0 Å². The van der Waals surface area contributed by atoms with Crippen LogP contribution in [-0.4, -0.2) is 70.2 Å². The van der Waals surface area contributed by atoms with Crippen molar-refractivity contribution in [2.24, 2.45) is 17.8 Å². The lowest BCUT2D eigenvalue weighted by molar-refractivity contribution is -0.115. The normalized spacial score (nSPS) is 33.2. The third-order valence-electron chi connectivity index (χ3n) is 13.0. The first kappa shape index (κ1) is 31.6. The van der Waals surface area contributed by atoms with Crippen LogP contribution in [0.1, 0.15) is 80.2 Å². The molecular weight excluding hydrogens is 608 g/mol. The van der Waals surface area contributed by atoms with E-state index in [0.717, 1.165) is 77.6 Å². The van der Waals surface area contributed by atoms with Crippen LogP contribution < -0.4 is 9.64 Å². The molecule has 3 heterocycles. The molecule has 258 valence electrons. The summed E-state index contributed by atoms with van der Waals surface area (Å²) in [6.45, 7) is 11.7. The van der Waals surface area contributed by atoms with E-state index in [-0.39, 0.29) is 23.4 Å². The number of methoxy groups -OCH3 is 1. The predicted molar refractivity (Wildman–Crippen MR) is 194 cm³/mol. The first-order valence-corrected chi connectivity index (χ1v) is 18.9. The number of hydrogen-bond donors (Lipinski definition) is 0. The number of nitrogens with zero attached hydrogens (tertiary/aromatic N) is 2. The van der Waals surface area contributed by atoms with E-state index < -0.39 is 5.60 Å². The zero-order chi connectivity index (χ0) is 33.2. The molecule has 7 aliphatic rings. The molecule has 2 aromatic carbocycles. The van der Waals surface area contributed by atoms with Crippen molar-refractivity contribution in [3.63, 3.8) is 0 Å². The molecule has 9 rings (SSSR count). The third-order valence-corrected chi connectivity index (χ3v) is 13.0. The molecule has 0 spiro atoms. The molecule has 2 aromatic rings. The minimum atomic E-state index is -0.468. The van der Waals surface area contributed by atoms with Gasteiger partial charge in [0, 0.05) is 49.6 Å². The highest BCUT2D eigenvalue weighted by Gasteiger charge is 2.58. The van der Waals surface area contributed by atoms with Crippen molar-refractivity contribution >= 4 is 5.69 Å². The van der Waals surface area contributed by atoms with Crippen LogP contribution in [0.15, 0.2) is 84.1 Å². The summed E-state index contributed by atoms with van der Waals surface area (Å²) in [6, 6.07) is 14.0. The van der Waals surface area contributed by atoms with Gasteiger partial charge in [-0.1, -0.05) is 68.5 Å². The maximum atomic E-state index is 7.93. The number of morpholine rings is 2. The van der Waals surface area contributed by atoms with Crippen molar-refractivity contribution in [2.75, 3.05) is 64.6 Å². The van der Waals surface area contributed by atoms with E-state index in [2.05, 4.69) is 96.5 Å². The minimum Gasteiger partial charge on any atom is -0.495 e. The van der Waals surface area contributed by atoms with Crippen molar-refractivity contribution in [2.45, 2.75) is 69.0 Å². The van der Waals surface area contributed by atoms with Crippen LogP contribution in [-0.2, 0) is 19.6 Å². The van der Waals surface area contributed by atoms with E-state index >= 15 is 0 Å². The van der Waals surface area contributed by atoms with E-state index in [0.29, 0.717) is 11.8 Å². The molecule has 6 nitrogen and oxygen atoms in total. The Balaban J connectivity index is 1.19. The smallest absolute Gasteiger partial charge is 0.142 e. The zero-order valence-corrected chi connectivity index (χ0v) is 29.5. The second-order valence-electron chi connectivity index (χ2n) is 15.7. The van der Waals surface area contributed by atoms with Crippen molar-refractivity contribution in [3.8, 4) is 5.75 Å². The summed E-state index contributed by atoms with van der Waals surface area (Å²) < 4.78 is 25.6. The Labute approximate surface area is 292 Å². The van der Waals surface area contributed by atoms with Gasteiger partial charge in [-0.2, -0.15) is 0 Å². The lowest BCUT2D eigenvalue weighted by Gasteiger charge is -2.53. The second kappa shape index (κ2) is 12.5. The molecule has 6 atom stereocenters. The fraction of sp³-hybridized carbons (Fsp3) is 0.535. The quantitative estimate of drug-likeness (QED) is 0.305. The lowest BCUT2D eigenvalue weighted by atomic mass is 9.59. The first-order chi connectivity index (χ1) is 24.0. The summed E-state index contributed by atoms with van der Waals surface area (Å²) in [5, 5.41) is 0. The summed E-state index contributed by atoms with van der Waals surface area (Å²) in [4.78, 5) is 4.93. The van der Waals surface area contributed by atoms with Crippen molar-refractivity contribution in [1.82, 2.24) is 4.90 Å². The fourth-order valence-corrected chi connectivity index (χ4v) is 10.6. The van der Waals surface area contributed by atoms with Crippen LogP contribution >= 0.6 is 0 Å². The number of fused-ring (bicyclic) bond motifs is 8. The van der Waals surface area contributed by atoms with Crippen LogP contribution in [0.3, 0.4) is 0 Å². The summed E-state index contributed by atoms with van der Waals surface area (Å²) in [7, 11) is 1.83. The molecule has 0 saturated carbocycles. The molecule has 0 bridgehead atoms. The van der Waals surface area contributed by atoms with Gasteiger partial charge >= 0.3 is 0 Å². The van der Waals surface area contributed by atoms with E-state index in [1.54, 1.807) is 0 Å². The predicted octanol–water partition coefficient (Wildman–Crippen LogP) is 7.86. The Morgan fingerprint density at radius 2 is 1.61 bits per heavy atom. The molecule has 0 radical (unpaired) electrons. The molecule has 2 saturated heterocycles. The first-order valence-electron chi connectivity index (χ1n) is 18.9. The van der Waals surface area contributed by atoms with Crippen LogP contribution in [0.5, 0.6) is 5.75 Å². The monoisotopic (exact) mass is 660 g/mol. The molecule has 3 aliphatic heterocycles. The number of benzene rings is 2. The minimum absolute atomic E-state index is 0.00365. The molecule has 0 N–H and O–H groups in total. The third kappa shape index (κ3) is 5.07. The summed E-state index contributed by atoms with van der Waals surface area (Å²) in [5.41, 5.74) is 9.18. The average molecular weight is 661 g/mol. The fourth-order valence-electron chi connectivity index (χ4n) is 10.6. The van der Waals surface area contributed by atoms with Crippen molar-refractivity contribution in [1.29, 1.82) is 0 Å². The Bertz CT molecular complexity index is 1710. The van der Waals surface area contributed by atoms with Gasteiger partial charge in [-0.3, -0.25) is 0 Å². The number of rotatable bonds is 5. The van der Waals surface area contributed by atoms with E-state index in [4.69, 9.17) is 18.9 Å². The average Bonchev–Trinajstić information content (AvgIpc) is 3.42. The number of hydrogen-bond acceptors (Lipinski definition) is 6. The summed E-state index contributed by atoms with van der Waals surface area (Å²) in [5.74, 6) is 2.13. The van der Waals surface area contributed by atoms with E-state index in [1.165, 1.54) is 52.1 Å². The van der Waals surface area contributed by atoms with Gasteiger partial charge in [-0.15, -0.1) is 0 Å². The zero-order valence-electron chi connectivity index (χ0n) is 29.5. The topological polar surface area (TPSA) is 43.4 Å². The Morgan fingerprint density at radius 3 is 2.33 bits per heavy atom. The standard InChI is InChI=1S/C43H52N2O4/c1-42(2)36-12-8-7-11-32(36)39-34-28-38(46-3)37(45-21-25-48-26-22-45)27-35(34)41-33(40(39)42)17-18-43(49-41,29-9-5-4-6-10-29)30-13-15-31(16-14-30)44-19-23-47-24-20-44/h7-9,11-13,15-18,27-28,30,33,39-41H,4-6,10,14,19-26H2,1-3H3. The molecular formula is C43H52N2O4. The maximum absolute atomic E-state index is 7.93. The summed E-state index contributed by atoms with van der Waals surface area (Å²) >= 11 is 0. The van der Waals surface area contributed by atoms with Crippen molar-refractivity contribution in [3.05, 3.63) is 106 Å². The van der Waals surface area contributed by atoms with Gasteiger partial charge in [0.25, 0.3) is 0 Å². The van der Waals surface area contributed by atoms with Gasteiger partial charge in [-0.05, 0) is 89.5 Å². The molecule has 6 heteroatoms.